The molecule has 0 heterocycles. The Balaban J connectivity index is 3.30. The van der Waals surface area contributed by atoms with E-state index >= 15 is 0 Å². The van der Waals surface area contributed by atoms with Crippen LogP contribution in [0.15, 0.2) is 12.1 Å². The number of hydrogen-bond acceptors (Lipinski definition) is 2. The summed E-state index contributed by atoms with van der Waals surface area (Å²) in [5, 5.41) is 11.1. The molecule has 0 aromatic heterocycles. The number of nitrogens with one attached hydrogen (secondary N) is 1. The summed E-state index contributed by atoms with van der Waals surface area (Å²) < 4.78 is 49.4. The standard InChI is InChI=1S/C8H7F4NO/c1-13-5-2-4(8(10,11)12)3-6(14)7(5)9/h2-3,13-14H,1H3. The highest BCUT2D eigenvalue weighted by Crippen LogP contribution is 2.35. The van der Waals surface area contributed by atoms with E-state index in [1.165, 1.54) is 7.05 Å². The van der Waals surface area contributed by atoms with Crippen LogP contribution in [0.2, 0.25) is 0 Å². The second-order valence-corrected chi connectivity index (χ2v) is 2.60. The number of phenols is 1. The van der Waals surface area contributed by atoms with Crippen LogP contribution in [0, 0.1) is 5.82 Å². The van der Waals surface area contributed by atoms with E-state index < -0.39 is 29.0 Å². The zero-order chi connectivity index (χ0) is 10.9. The highest BCUT2D eigenvalue weighted by molar-refractivity contribution is 5.52. The summed E-state index contributed by atoms with van der Waals surface area (Å²) in [6, 6.07) is 0.936. The van der Waals surface area contributed by atoms with Gasteiger partial charge in [-0.05, 0) is 12.1 Å². The van der Waals surface area contributed by atoms with Crippen molar-refractivity contribution in [2.75, 3.05) is 12.4 Å². The molecule has 2 nitrogen and oxygen atoms in total. The van der Waals surface area contributed by atoms with Crippen molar-refractivity contribution in [2.24, 2.45) is 0 Å². The molecular weight excluding hydrogens is 202 g/mol. The van der Waals surface area contributed by atoms with E-state index in [4.69, 9.17) is 5.11 Å². The van der Waals surface area contributed by atoms with Crippen LogP contribution in [0.25, 0.3) is 0 Å². The predicted octanol–water partition coefficient (Wildman–Crippen LogP) is 2.59. The molecule has 78 valence electrons. The number of alkyl halides is 3. The van der Waals surface area contributed by atoms with Crippen LogP contribution in [-0.2, 0) is 6.18 Å². The molecule has 6 heteroatoms. The van der Waals surface area contributed by atoms with Crippen molar-refractivity contribution in [3.8, 4) is 5.75 Å². The summed E-state index contributed by atoms with van der Waals surface area (Å²) in [6.45, 7) is 0. The van der Waals surface area contributed by atoms with Crippen molar-refractivity contribution >= 4 is 5.69 Å². The van der Waals surface area contributed by atoms with E-state index in [1.54, 1.807) is 0 Å². The lowest BCUT2D eigenvalue weighted by molar-refractivity contribution is -0.137. The molecule has 0 atom stereocenters. The molecule has 0 fully saturated rings. The summed E-state index contributed by atoms with van der Waals surface area (Å²) in [5.74, 6) is -2.12. The van der Waals surface area contributed by atoms with Crippen LogP contribution in [-0.4, -0.2) is 12.2 Å². The number of halogens is 4. The first-order valence-electron chi connectivity index (χ1n) is 3.63. The maximum atomic E-state index is 12.9. The maximum absolute atomic E-state index is 12.9. The molecule has 0 aliphatic carbocycles. The van der Waals surface area contributed by atoms with Crippen molar-refractivity contribution in [3.05, 3.63) is 23.5 Å². The Bertz CT molecular complexity index is 348. The molecule has 2 N–H and O–H groups in total. The molecule has 0 aliphatic rings. The smallest absolute Gasteiger partial charge is 0.416 e. The second-order valence-electron chi connectivity index (χ2n) is 2.60. The third-order valence-electron chi connectivity index (χ3n) is 1.65. The van der Waals surface area contributed by atoms with Crippen molar-refractivity contribution in [1.29, 1.82) is 0 Å². The van der Waals surface area contributed by atoms with Crippen LogP contribution in [0.3, 0.4) is 0 Å². The fourth-order valence-corrected chi connectivity index (χ4v) is 0.955. The lowest BCUT2D eigenvalue weighted by atomic mass is 10.1. The Kier molecular flexibility index (Phi) is 2.55. The van der Waals surface area contributed by atoms with E-state index in [2.05, 4.69) is 5.32 Å². The Morgan fingerprint density at radius 3 is 2.29 bits per heavy atom. The summed E-state index contributed by atoms with van der Waals surface area (Å²) >= 11 is 0. The summed E-state index contributed by atoms with van der Waals surface area (Å²) in [5.41, 5.74) is -1.49. The molecule has 14 heavy (non-hydrogen) atoms. The SMILES string of the molecule is CNc1cc(C(F)(F)F)cc(O)c1F. The zero-order valence-electron chi connectivity index (χ0n) is 7.11. The van der Waals surface area contributed by atoms with Crippen LogP contribution in [0.1, 0.15) is 5.56 Å². The summed E-state index contributed by atoms with van der Waals surface area (Å²) in [7, 11) is 1.26. The zero-order valence-corrected chi connectivity index (χ0v) is 7.11. The lowest BCUT2D eigenvalue weighted by Crippen LogP contribution is -2.06. The fourth-order valence-electron chi connectivity index (χ4n) is 0.955. The quantitative estimate of drug-likeness (QED) is 0.696. The number of phenolic OH excluding ortho intramolecular Hbond substituents is 1. The Morgan fingerprint density at radius 2 is 1.86 bits per heavy atom. The molecule has 0 spiro atoms. The van der Waals surface area contributed by atoms with Gasteiger partial charge in [0.15, 0.2) is 11.6 Å². The molecule has 0 unspecified atom stereocenters. The van der Waals surface area contributed by atoms with E-state index in [-0.39, 0.29) is 0 Å². The molecule has 0 aliphatic heterocycles. The van der Waals surface area contributed by atoms with Gasteiger partial charge in [-0.3, -0.25) is 0 Å². The van der Waals surface area contributed by atoms with Crippen molar-refractivity contribution in [3.63, 3.8) is 0 Å². The van der Waals surface area contributed by atoms with Gasteiger partial charge in [0, 0.05) is 7.05 Å². The van der Waals surface area contributed by atoms with Gasteiger partial charge in [0.1, 0.15) is 0 Å². The molecule has 0 bridgehead atoms. The van der Waals surface area contributed by atoms with E-state index in [1.807, 2.05) is 0 Å². The van der Waals surface area contributed by atoms with Crippen LogP contribution >= 0.6 is 0 Å². The van der Waals surface area contributed by atoms with Crippen LogP contribution in [0.4, 0.5) is 23.2 Å². The number of benzene rings is 1. The van der Waals surface area contributed by atoms with Gasteiger partial charge >= 0.3 is 6.18 Å². The van der Waals surface area contributed by atoms with Crippen molar-refractivity contribution in [1.82, 2.24) is 0 Å². The first-order chi connectivity index (χ1) is 6.36. The van der Waals surface area contributed by atoms with Gasteiger partial charge in [0.05, 0.1) is 11.3 Å². The van der Waals surface area contributed by atoms with Gasteiger partial charge in [0.2, 0.25) is 0 Å². The van der Waals surface area contributed by atoms with Crippen molar-refractivity contribution < 1.29 is 22.7 Å². The van der Waals surface area contributed by atoms with Crippen LogP contribution < -0.4 is 5.32 Å². The number of anilines is 1. The predicted molar refractivity (Wildman–Crippen MR) is 42.6 cm³/mol. The Labute approximate surface area is 77.2 Å². The third kappa shape index (κ3) is 1.89. The second kappa shape index (κ2) is 3.36. The van der Waals surface area contributed by atoms with E-state index in [0.717, 1.165) is 0 Å². The molecule has 1 aromatic carbocycles. The Morgan fingerprint density at radius 1 is 1.29 bits per heavy atom. The minimum Gasteiger partial charge on any atom is -0.505 e. The number of hydrogen-bond donors (Lipinski definition) is 2. The molecule has 0 saturated carbocycles. The maximum Gasteiger partial charge on any atom is 0.416 e. The molecular formula is C8H7F4NO. The van der Waals surface area contributed by atoms with Crippen LogP contribution in [0.5, 0.6) is 5.75 Å². The van der Waals surface area contributed by atoms with Gasteiger partial charge in [-0.1, -0.05) is 0 Å². The average molecular weight is 209 g/mol. The highest BCUT2D eigenvalue weighted by Gasteiger charge is 2.32. The highest BCUT2D eigenvalue weighted by atomic mass is 19.4. The molecule has 0 saturated heterocycles. The summed E-state index contributed by atoms with van der Waals surface area (Å²) in [6.07, 6.45) is -4.60. The van der Waals surface area contributed by atoms with Gasteiger partial charge < -0.3 is 10.4 Å². The minimum atomic E-state index is -4.60. The molecule has 0 amide bonds. The normalized spacial score (nSPS) is 11.5. The topological polar surface area (TPSA) is 32.3 Å². The third-order valence-corrected chi connectivity index (χ3v) is 1.65. The van der Waals surface area contributed by atoms with Gasteiger partial charge in [-0.15, -0.1) is 0 Å². The van der Waals surface area contributed by atoms with Gasteiger partial charge in [0.25, 0.3) is 0 Å². The first-order valence-corrected chi connectivity index (χ1v) is 3.63. The van der Waals surface area contributed by atoms with E-state index in [0.29, 0.717) is 12.1 Å². The average Bonchev–Trinajstić information content (AvgIpc) is 2.07. The number of rotatable bonds is 1. The molecule has 1 aromatic rings. The monoisotopic (exact) mass is 209 g/mol. The fraction of sp³-hybridized carbons (Fsp3) is 0.250. The first kappa shape index (κ1) is 10.6. The number of aromatic hydroxyl groups is 1. The molecule has 1 rings (SSSR count). The minimum absolute atomic E-state index is 0.343. The van der Waals surface area contributed by atoms with Gasteiger partial charge in [-0.2, -0.15) is 13.2 Å². The van der Waals surface area contributed by atoms with E-state index in [9.17, 15) is 17.6 Å². The lowest BCUT2D eigenvalue weighted by Gasteiger charge is -2.10. The molecule has 0 radical (unpaired) electrons. The van der Waals surface area contributed by atoms with Crippen molar-refractivity contribution in [2.45, 2.75) is 6.18 Å². The largest absolute Gasteiger partial charge is 0.505 e. The Hall–Kier alpha value is -1.46. The summed E-state index contributed by atoms with van der Waals surface area (Å²) in [4.78, 5) is 0. The van der Waals surface area contributed by atoms with Gasteiger partial charge in [-0.25, -0.2) is 4.39 Å².